The molecule has 27 heavy (non-hydrogen) atoms. The minimum absolute atomic E-state index is 0.417. The highest BCUT2D eigenvalue weighted by atomic mass is 32.2. The second-order valence-corrected chi connectivity index (χ2v) is 8.57. The van der Waals surface area contributed by atoms with Gasteiger partial charge in [-0.2, -0.15) is 16.8 Å². The van der Waals surface area contributed by atoms with Crippen LogP contribution < -0.4 is 8.37 Å². The maximum Gasteiger partial charge on any atom is 0.309 e. The summed E-state index contributed by atoms with van der Waals surface area (Å²) in [7, 11) is -8.77. The molecule has 0 bridgehead atoms. The number of benzene rings is 2. The van der Waals surface area contributed by atoms with E-state index in [0.29, 0.717) is 12.1 Å². The Hall–Kier alpha value is -2.34. The molecule has 0 aliphatic heterocycles. The number of hydrogen-bond acceptors (Lipinski definition) is 6. The molecule has 0 aliphatic carbocycles. The normalized spacial score (nSPS) is 12.0. The Kier molecular flexibility index (Phi) is 6.31. The maximum atomic E-state index is 13.4. The monoisotopic (exact) mass is 428 g/mol. The first-order valence-electron chi connectivity index (χ1n) is 7.22. The van der Waals surface area contributed by atoms with Crippen molar-refractivity contribution in [3.8, 4) is 11.5 Å². The third kappa shape index (κ3) is 6.40. The van der Waals surface area contributed by atoms with Crippen molar-refractivity contribution in [1.29, 1.82) is 0 Å². The first-order valence-corrected chi connectivity index (χ1v) is 10.4. The molecule has 6 nitrogen and oxygen atoms in total. The Bertz CT molecular complexity index is 955. The van der Waals surface area contributed by atoms with Crippen molar-refractivity contribution in [2.24, 2.45) is 0 Å². The molecule has 0 radical (unpaired) electrons. The van der Waals surface area contributed by atoms with Crippen LogP contribution in [-0.4, -0.2) is 28.3 Å². The van der Waals surface area contributed by atoms with Gasteiger partial charge in [0.05, 0.1) is 11.5 Å². The molecule has 0 fully saturated rings. The van der Waals surface area contributed by atoms with E-state index in [1.807, 2.05) is 0 Å². The second-order valence-electron chi connectivity index (χ2n) is 5.19. The van der Waals surface area contributed by atoms with E-state index in [1.165, 1.54) is 0 Å². The maximum absolute atomic E-state index is 13.4. The van der Waals surface area contributed by atoms with E-state index >= 15 is 0 Å². The zero-order valence-electron chi connectivity index (χ0n) is 13.4. The molecule has 0 aromatic heterocycles. The Labute approximate surface area is 152 Å². The van der Waals surface area contributed by atoms with Crippen molar-refractivity contribution in [2.45, 2.75) is 6.42 Å². The summed E-state index contributed by atoms with van der Waals surface area (Å²) < 4.78 is 108. The zero-order valence-corrected chi connectivity index (χ0v) is 15.0. The van der Waals surface area contributed by atoms with Crippen LogP contribution in [0.3, 0.4) is 0 Å². The molecular weight excluding hydrogens is 416 g/mol. The third-order valence-corrected chi connectivity index (χ3v) is 5.45. The molecule has 0 heterocycles. The molecule has 0 unspecified atom stereocenters. The van der Waals surface area contributed by atoms with Crippen LogP contribution in [0.25, 0.3) is 0 Å². The van der Waals surface area contributed by atoms with Crippen molar-refractivity contribution in [2.75, 3.05) is 11.5 Å². The van der Waals surface area contributed by atoms with Gasteiger partial charge in [0.15, 0.2) is 23.1 Å². The summed E-state index contributed by atoms with van der Waals surface area (Å²) >= 11 is 0. The molecule has 0 N–H and O–H groups in total. The molecule has 0 saturated carbocycles. The van der Waals surface area contributed by atoms with Crippen LogP contribution in [0.4, 0.5) is 17.6 Å². The van der Waals surface area contributed by atoms with Crippen molar-refractivity contribution in [3.05, 3.63) is 59.7 Å². The second kappa shape index (κ2) is 8.13. The molecular formula is C15H12F4O6S2. The first kappa shape index (κ1) is 21.0. The smallest absolute Gasteiger partial charge is 0.309 e. The lowest BCUT2D eigenvalue weighted by Gasteiger charge is -2.09. The standard InChI is InChI=1S/C15H12F4O6S2/c16-10-2-4-14(12(18)8-10)24-26(20,21)6-1-7-27(22,23)25-15-5-3-11(17)9-13(15)19/h2-5,8-9H,1,6-7H2. The fraction of sp³-hybridized carbons (Fsp3) is 0.200. The SMILES string of the molecule is O=S(=O)(CCCS(=O)(=O)Oc1ccc(F)cc1F)Oc1ccc(F)cc1F. The molecule has 12 heteroatoms. The zero-order chi connectivity index (χ0) is 20.2. The Morgan fingerprint density at radius 3 is 1.37 bits per heavy atom. The molecule has 0 spiro atoms. The van der Waals surface area contributed by atoms with E-state index in [9.17, 15) is 34.4 Å². The van der Waals surface area contributed by atoms with Gasteiger partial charge in [0, 0.05) is 12.1 Å². The lowest BCUT2D eigenvalue weighted by Crippen LogP contribution is -2.20. The average molecular weight is 428 g/mol. The molecule has 0 atom stereocenters. The first-order chi connectivity index (χ1) is 12.5. The molecule has 2 aromatic carbocycles. The van der Waals surface area contributed by atoms with Crippen molar-refractivity contribution in [1.82, 2.24) is 0 Å². The molecule has 2 aromatic rings. The summed E-state index contributed by atoms with van der Waals surface area (Å²) in [4.78, 5) is 0. The fourth-order valence-corrected chi connectivity index (χ4v) is 4.02. The Morgan fingerprint density at radius 1 is 0.667 bits per heavy atom. The van der Waals surface area contributed by atoms with Crippen molar-refractivity contribution in [3.63, 3.8) is 0 Å². The van der Waals surface area contributed by atoms with E-state index in [-0.39, 0.29) is 0 Å². The quantitative estimate of drug-likeness (QED) is 0.475. The van der Waals surface area contributed by atoms with Gasteiger partial charge in [0.25, 0.3) is 0 Å². The van der Waals surface area contributed by atoms with E-state index in [0.717, 1.165) is 24.3 Å². The summed E-state index contributed by atoms with van der Waals surface area (Å²) in [5, 5.41) is 0. The summed E-state index contributed by atoms with van der Waals surface area (Å²) in [5.74, 6) is -7.53. The van der Waals surface area contributed by atoms with Crippen molar-refractivity contribution >= 4 is 20.2 Å². The molecule has 0 aliphatic rings. The van der Waals surface area contributed by atoms with Gasteiger partial charge in [0.1, 0.15) is 11.6 Å². The van der Waals surface area contributed by atoms with Gasteiger partial charge in [-0.1, -0.05) is 0 Å². The lowest BCUT2D eigenvalue weighted by molar-refractivity contribution is 0.452. The molecule has 0 saturated heterocycles. The van der Waals surface area contributed by atoms with Crippen molar-refractivity contribution < 1.29 is 42.8 Å². The third-order valence-electron chi connectivity index (χ3n) is 3.01. The van der Waals surface area contributed by atoms with Crippen LogP contribution in [-0.2, 0) is 20.2 Å². The largest absolute Gasteiger partial charge is 0.379 e. The van der Waals surface area contributed by atoms with Gasteiger partial charge in [-0.15, -0.1) is 0 Å². The van der Waals surface area contributed by atoms with Gasteiger partial charge in [-0.05, 0) is 30.7 Å². The van der Waals surface area contributed by atoms with Crippen LogP contribution in [0.15, 0.2) is 36.4 Å². The molecule has 148 valence electrons. The van der Waals surface area contributed by atoms with Gasteiger partial charge in [0.2, 0.25) is 0 Å². The topological polar surface area (TPSA) is 86.7 Å². The number of halogens is 4. The summed E-state index contributed by atoms with van der Waals surface area (Å²) in [6.07, 6.45) is -0.518. The predicted octanol–water partition coefficient (Wildman–Crippen LogP) is 2.75. The number of hydrogen-bond donors (Lipinski definition) is 0. The highest BCUT2D eigenvalue weighted by molar-refractivity contribution is 7.88. The average Bonchev–Trinajstić information content (AvgIpc) is 2.52. The van der Waals surface area contributed by atoms with Crippen LogP contribution in [0.2, 0.25) is 0 Å². The van der Waals surface area contributed by atoms with Crippen LogP contribution in [0.1, 0.15) is 6.42 Å². The van der Waals surface area contributed by atoms with E-state index in [2.05, 4.69) is 8.37 Å². The summed E-state index contributed by atoms with van der Waals surface area (Å²) in [5.41, 5.74) is 0. The van der Waals surface area contributed by atoms with E-state index in [4.69, 9.17) is 0 Å². The Balaban J connectivity index is 1.95. The molecule has 2 rings (SSSR count). The minimum atomic E-state index is -4.39. The van der Waals surface area contributed by atoms with E-state index in [1.54, 1.807) is 0 Å². The van der Waals surface area contributed by atoms with Crippen LogP contribution >= 0.6 is 0 Å². The highest BCUT2D eigenvalue weighted by Crippen LogP contribution is 2.21. The van der Waals surface area contributed by atoms with Crippen LogP contribution in [0, 0.1) is 23.3 Å². The van der Waals surface area contributed by atoms with Gasteiger partial charge < -0.3 is 8.37 Å². The lowest BCUT2D eigenvalue weighted by atomic mass is 10.3. The number of rotatable bonds is 8. The minimum Gasteiger partial charge on any atom is -0.379 e. The van der Waals surface area contributed by atoms with Crippen LogP contribution in [0.5, 0.6) is 11.5 Å². The Morgan fingerprint density at radius 2 is 1.04 bits per heavy atom. The van der Waals surface area contributed by atoms with Gasteiger partial charge in [-0.3, -0.25) is 0 Å². The fourth-order valence-electron chi connectivity index (χ4n) is 1.85. The highest BCUT2D eigenvalue weighted by Gasteiger charge is 2.21. The predicted molar refractivity (Wildman–Crippen MR) is 86.2 cm³/mol. The van der Waals surface area contributed by atoms with E-state index < -0.39 is 72.9 Å². The van der Waals surface area contributed by atoms with Gasteiger partial charge >= 0.3 is 20.2 Å². The molecule has 0 amide bonds. The van der Waals surface area contributed by atoms with Gasteiger partial charge in [-0.25, -0.2) is 17.6 Å². The summed E-state index contributed by atoms with van der Waals surface area (Å²) in [6, 6.07) is 3.92. The summed E-state index contributed by atoms with van der Waals surface area (Å²) in [6.45, 7) is 0.